The van der Waals surface area contributed by atoms with Crippen molar-refractivity contribution in [3.63, 3.8) is 0 Å². The second-order valence-corrected chi connectivity index (χ2v) is 4.80. The molecule has 1 aromatic carbocycles. The number of nitrogens with two attached hydrogens (primary N) is 1. The Hall–Kier alpha value is -1.31. The van der Waals surface area contributed by atoms with Crippen LogP contribution in [0.15, 0.2) is 24.3 Å². The monoisotopic (exact) mass is 191 g/mol. The highest BCUT2D eigenvalue weighted by Crippen LogP contribution is 2.20. The molecule has 0 saturated carbocycles. The number of carbonyl (C=O) groups is 1. The van der Waals surface area contributed by atoms with Crippen molar-refractivity contribution in [2.75, 3.05) is 0 Å². The Labute approximate surface area is 85.1 Å². The minimum Gasteiger partial charge on any atom is -0.366 e. The van der Waals surface area contributed by atoms with E-state index in [0.717, 1.165) is 12.0 Å². The zero-order valence-electron chi connectivity index (χ0n) is 9.00. The van der Waals surface area contributed by atoms with Crippen LogP contribution in [0, 0.1) is 5.41 Å². The number of hydrogen-bond acceptors (Lipinski definition) is 1. The average Bonchev–Trinajstić information content (AvgIpc) is 2.01. The molecule has 0 spiro atoms. The zero-order chi connectivity index (χ0) is 10.8. The van der Waals surface area contributed by atoms with Crippen molar-refractivity contribution in [3.05, 3.63) is 35.4 Å². The molecule has 1 aromatic rings. The van der Waals surface area contributed by atoms with E-state index in [-0.39, 0.29) is 11.3 Å². The van der Waals surface area contributed by atoms with Crippen LogP contribution in [0.25, 0.3) is 0 Å². The molecule has 0 aliphatic carbocycles. The summed E-state index contributed by atoms with van der Waals surface area (Å²) in [6, 6.07) is 7.51. The lowest BCUT2D eigenvalue weighted by molar-refractivity contribution is 0.1000. The molecule has 2 N–H and O–H groups in total. The Morgan fingerprint density at radius 2 is 2.00 bits per heavy atom. The molecular formula is C12H17NO. The van der Waals surface area contributed by atoms with Crippen molar-refractivity contribution in [1.82, 2.24) is 0 Å². The molecule has 2 nitrogen and oxygen atoms in total. The summed E-state index contributed by atoms with van der Waals surface area (Å²) in [6.07, 6.45) is 0.952. The van der Waals surface area contributed by atoms with Crippen LogP contribution in [0.2, 0.25) is 0 Å². The lowest BCUT2D eigenvalue weighted by Gasteiger charge is -2.18. The van der Waals surface area contributed by atoms with Crippen molar-refractivity contribution in [2.45, 2.75) is 27.2 Å². The van der Waals surface area contributed by atoms with Gasteiger partial charge in [-0.2, -0.15) is 0 Å². The molecule has 0 bridgehead atoms. The van der Waals surface area contributed by atoms with E-state index >= 15 is 0 Å². The zero-order valence-corrected chi connectivity index (χ0v) is 9.00. The molecule has 1 rings (SSSR count). The van der Waals surface area contributed by atoms with Gasteiger partial charge in [-0.15, -0.1) is 0 Å². The van der Waals surface area contributed by atoms with Gasteiger partial charge in [0.1, 0.15) is 0 Å². The van der Waals surface area contributed by atoms with Crippen molar-refractivity contribution >= 4 is 5.91 Å². The first-order valence-corrected chi connectivity index (χ1v) is 4.77. The highest BCUT2D eigenvalue weighted by atomic mass is 16.1. The molecule has 1 amide bonds. The maximum Gasteiger partial charge on any atom is 0.248 e. The van der Waals surface area contributed by atoms with Gasteiger partial charge in [0.05, 0.1) is 0 Å². The first-order valence-electron chi connectivity index (χ1n) is 4.77. The van der Waals surface area contributed by atoms with Crippen LogP contribution in [-0.2, 0) is 6.42 Å². The lowest BCUT2D eigenvalue weighted by atomic mass is 9.88. The summed E-state index contributed by atoms with van der Waals surface area (Å²) in [5, 5.41) is 0. The summed E-state index contributed by atoms with van der Waals surface area (Å²) >= 11 is 0. The van der Waals surface area contributed by atoms with Gasteiger partial charge in [0.15, 0.2) is 0 Å². The summed E-state index contributed by atoms with van der Waals surface area (Å²) < 4.78 is 0. The highest BCUT2D eigenvalue weighted by Gasteiger charge is 2.11. The first kappa shape index (κ1) is 10.8. The minimum atomic E-state index is -0.360. The Morgan fingerprint density at radius 1 is 1.36 bits per heavy atom. The molecule has 0 aromatic heterocycles. The molecule has 14 heavy (non-hydrogen) atoms. The van der Waals surface area contributed by atoms with Gasteiger partial charge in [0.2, 0.25) is 5.91 Å². The predicted octanol–water partition coefficient (Wildman–Crippen LogP) is 2.37. The first-order chi connectivity index (χ1) is 6.38. The van der Waals surface area contributed by atoms with Crippen molar-refractivity contribution in [3.8, 4) is 0 Å². The van der Waals surface area contributed by atoms with Crippen molar-refractivity contribution in [2.24, 2.45) is 11.1 Å². The molecule has 0 radical (unpaired) electrons. The normalized spacial score (nSPS) is 11.4. The maximum atomic E-state index is 10.9. The van der Waals surface area contributed by atoms with E-state index < -0.39 is 0 Å². The molecule has 0 heterocycles. The van der Waals surface area contributed by atoms with E-state index in [1.165, 1.54) is 0 Å². The number of rotatable bonds is 2. The molecule has 0 fully saturated rings. The van der Waals surface area contributed by atoms with E-state index in [1.54, 1.807) is 6.07 Å². The van der Waals surface area contributed by atoms with Crippen LogP contribution in [0.4, 0.5) is 0 Å². The molecular weight excluding hydrogens is 174 g/mol. The molecule has 2 heteroatoms. The molecule has 0 unspecified atom stereocenters. The van der Waals surface area contributed by atoms with E-state index in [1.807, 2.05) is 18.2 Å². The standard InChI is InChI=1S/C12H17NO/c1-12(2,3)8-9-5-4-6-10(7-9)11(13)14/h4-7H,8H2,1-3H3,(H2,13,14). The third-order valence-corrected chi connectivity index (χ3v) is 1.95. The smallest absolute Gasteiger partial charge is 0.248 e. The SMILES string of the molecule is CC(C)(C)Cc1cccc(C(N)=O)c1. The fraction of sp³-hybridized carbons (Fsp3) is 0.417. The van der Waals surface area contributed by atoms with Crippen LogP contribution in [0.1, 0.15) is 36.7 Å². The predicted molar refractivity (Wildman–Crippen MR) is 58.1 cm³/mol. The largest absolute Gasteiger partial charge is 0.366 e. The number of hydrogen-bond donors (Lipinski definition) is 1. The van der Waals surface area contributed by atoms with E-state index in [4.69, 9.17) is 5.73 Å². The number of primary amides is 1. The average molecular weight is 191 g/mol. The third-order valence-electron chi connectivity index (χ3n) is 1.95. The molecule has 76 valence electrons. The third kappa shape index (κ3) is 3.21. The molecule has 0 aliphatic rings. The molecule has 0 aliphatic heterocycles. The Bertz CT molecular complexity index is 336. The van der Waals surface area contributed by atoms with Gasteiger partial charge in [-0.1, -0.05) is 32.9 Å². The summed E-state index contributed by atoms with van der Waals surface area (Å²) in [5.74, 6) is -0.360. The van der Waals surface area contributed by atoms with Gasteiger partial charge in [0, 0.05) is 5.56 Å². The lowest BCUT2D eigenvalue weighted by Crippen LogP contribution is -2.13. The fourth-order valence-corrected chi connectivity index (χ4v) is 1.45. The van der Waals surface area contributed by atoms with E-state index in [9.17, 15) is 4.79 Å². The van der Waals surface area contributed by atoms with Gasteiger partial charge >= 0.3 is 0 Å². The summed E-state index contributed by atoms with van der Waals surface area (Å²) in [6.45, 7) is 6.51. The van der Waals surface area contributed by atoms with Crippen LogP contribution in [-0.4, -0.2) is 5.91 Å². The van der Waals surface area contributed by atoms with Gasteiger partial charge in [-0.25, -0.2) is 0 Å². The van der Waals surface area contributed by atoms with E-state index in [2.05, 4.69) is 20.8 Å². The Balaban J connectivity index is 2.89. The second-order valence-electron chi connectivity index (χ2n) is 4.80. The van der Waals surface area contributed by atoms with Gasteiger partial charge in [0.25, 0.3) is 0 Å². The summed E-state index contributed by atoms with van der Waals surface area (Å²) in [4.78, 5) is 10.9. The van der Waals surface area contributed by atoms with E-state index in [0.29, 0.717) is 5.56 Å². The van der Waals surface area contributed by atoms with Gasteiger partial charge in [-0.05, 0) is 29.5 Å². The number of amides is 1. The summed E-state index contributed by atoms with van der Waals surface area (Å²) in [7, 11) is 0. The minimum absolute atomic E-state index is 0.232. The number of benzene rings is 1. The topological polar surface area (TPSA) is 43.1 Å². The van der Waals surface area contributed by atoms with Crippen molar-refractivity contribution < 1.29 is 4.79 Å². The van der Waals surface area contributed by atoms with Gasteiger partial charge in [-0.3, -0.25) is 4.79 Å². The molecule has 0 atom stereocenters. The Kier molecular flexibility index (Phi) is 2.94. The quantitative estimate of drug-likeness (QED) is 0.766. The fourth-order valence-electron chi connectivity index (χ4n) is 1.45. The van der Waals surface area contributed by atoms with Gasteiger partial charge < -0.3 is 5.73 Å². The van der Waals surface area contributed by atoms with Crippen molar-refractivity contribution in [1.29, 1.82) is 0 Å². The highest BCUT2D eigenvalue weighted by molar-refractivity contribution is 5.92. The molecule has 0 saturated heterocycles. The second kappa shape index (κ2) is 3.82. The van der Waals surface area contributed by atoms with Crippen LogP contribution >= 0.6 is 0 Å². The van der Waals surface area contributed by atoms with Crippen LogP contribution in [0.5, 0.6) is 0 Å². The Morgan fingerprint density at radius 3 is 2.50 bits per heavy atom. The van der Waals surface area contributed by atoms with Crippen LogP contribution < -0.4 is 5.73 Å². The van der Waals surface area contributed by atoms with Crippen LogP contribution in [0.3, 0.4) is 0 Å². The summed E-state index contributed by atoms with van der Waals surface area (Å²) in [5.41, 5.74) is 7.19. The number of carbonyl (C=O) groups excluding carboxylic acids is 1. The maximum absolute atomic E-state index is 10.9.